The van der Waals surface area contributed by atoms with Crippen molar-refractivity contribution in [3.05, 3.63) is 83.8 Å². The number of pyridine rings is 1. The number of fused-ring (bicyclic) bond motifs is 1. The predicted molar refractivity (Wildman–Crippen MR) is 174 cm³/mol. The van der Waals surface area contributed by atoms with Crippen LogP contribution in [-0.4, -0.2) is 56.3 Å². The number of amides is 2. The van der Waals surface area contributed by atoms with Crippen molar-refractivity contribution >= 4 is 49.8 Å². The fourth-order valence-corrected chi connectivity index (χ4v) is 6.88. The highest BCUT2D eigenvalue weighted by molar-refractivity contribution is 7.91. The van der Waals surface area contributed by atoms with Crippen LogP contribution in [0.25, 0.3) is 10.8 Å². The number of nitrogens with two attached hydrogens (primary N) is 1. The number of anilines is 3. The minimum absolute atomic E-state index is 0.0601. The second-order valence-electron chi connectivity index (χ2n) is 10.8. The molecule has 4 aromatic rings. The van der Waals surface area contributed by atoms with E-state index in [2.05, 4.69) is 15.6 Å². The number of ether oxygens (including phenoxy) is 2. The molecule has 4 N–H and O–H groups in total. The minimum atomic E-state index is -3.72. The van der Waals surface area contributed by atoms with Gasteiger partial charge in [0.15, 0.2) is 9.84 Å². The van der Waals surface area contributed by atoms with Crippen LogP contribution in [0.5, 0.6) is 5.75 Å². The van der Waals surface area contributed by atoms with E-state index in [1.165, 1.54) is 37.4 Å². The zero-order valence-electron chi connectivity index (χ0n) is 25.7. The summed E-state index contributed by atoms with van der Waals surface area (Å²) in [6, 6.07) is 13.9. The average Bonchev–Trinajstić information content (AvgIpc) is 3.54. The summed E-state index contributed by atoms with van der Waals surface area (Å²) in [6.45, 7) is 3.99. The predicted octanol–water partition coefficient (Wildman–Crippen LogP) is 5.84. The first-order chi connectivity index (χ1) is 22.1. The normalized spacial score (nSPS) is 15.4. The molecule has 0 aliphatic carbocycles. The van der Waals surface area contributed by atoms with Gasteiger partial charge in [-0.3, -0.25) is 10.1 Å². The van der Waals surface area contributed by atoms with E-state index < -0.39 is 39.7 Å². The second-order valence-corrected chi connectivity index (χ2v) is 13.0. The molecule has 1 aromatic heterocycles. The van der Waals surface area contributed by atoms with Gasteiger partial charge in [-0.15, -0.1) is 0 Å². The fraction of sp³-hybridized carbons (Fsp3) is 0.303. The standard InChI is InChI=1S/C33H36FN5O6S/c1-4-45-23-10-12-27(34)25(19-23)30(37-21-8-11-24-20(17-21)14-15-36-31(24)35)32(40)39-16-6-7-28(39)26-18-22(38-33(41)44-3)9-13-29(26)46(42,43)5-2/h8-15,17-19,28,30,37H,4-7,16H2,1-3H3,(H2,35,36)(H,38,41)/t28-,30+/m1/s1. The average molecular weight is 650 g/mol. The van der Waals surface area contributed by atoms with E-state index >= 15 is 4.39 Å². The van der Waals surface area contributed by atoms with Gasteiger partial charge in [0.1, 0.15) is 23.4 Å². The van der Waals surface area contributed by atoms with E-state index in [0.29, 0.717) is 54.5 Å². The Morgan fingerprint density at radius 3 is 2.61 bits per heavy atom. The van der Waals surface area contributed by atoms with Crippen molar-refractivity contribution < 1.29 is 31.9 Å². The van der Waals surface area contributed by atoms with Crippen molar-refractivity contribution in [2.45, 2.75) is 43.7 Å². The summed E-state index contributed by atoms with van der Waals surface area (Å²) in [6.07, 6.45) is 1.89. The Labute approximate surface area is 266 Å². The lowest BCUT2D eigenvalue weighted by molar-refractivity contribution is -0.133. The Kier molecular flexibility index (Phi) is 9.61. The summed E-state index contributed by atoms with van der Waals surface area (Å²) in [7, 11) is -2.50. The first-order valence-corrected chi connectivity index (χ1v) is 16.6. The largest absolute Gasteiger partial charge is 0.494 e. The molecule has 11 nitrogen and oxygen atoms in total. The number of carbonyl (C=O) groups is 2. The highest BCUT2D eigenvalue weighted by Crippen LogP contribution is 2.40. The van der Waals surface area contributed by atoms with E-state index in [-0.39, 0.29) is 16.2 Å². The zero-order valence-corrected chi connectivity index (χ0v) is 26.6. The van der Waals surface area contributed by atoms with E-state index in [1.54, 1.807) is 55.3 Å². The van der Waals surface area contributed by atoms with E-state index in [0.717, 1.165) is 10.8 Å². The van der Waals surface area contributed by atoms with Crippen molar-refractivity contribution in [1.29, 1.82) is 0 Å². The number of hydrogen-bond acceptors (Lipinski definition) is 9. The summed E-state index contributed by atoms with van der Waals surface area (Å²) in [5.41, 5.74) is 7.31. The first kappa shape index (κ1) is 32.5. The summed E-state index contributed by atoms with van der Waals surface area (Å²) < 4.78 is 52.4. The second kappa shape index (κ2) is 13.6. The van der Waals surface area contributed by atoms with Crippen LogP contribution in [0.2, 0.25) is 0 Å². The molecule has 2 amide bonds. The van der Waals surface area contributed by atoms with Crippen molar-refractivity contribution in [2.24, 2.45) is 0 Å². The van der Waals surface area contributed by atoms with Gasteiger partial charge < -0.3 is 25.4 Å². The van der Waals surface area contributed by atoms with Gasteiger partial charge in [-0.25, -0.2) is 22.6 Å². The number of carbonyl (C=O) groups excluding carboxylic acids is 2. The maximum Gasteiger partial charge on any atom is 0.411 e. The number of nitrogens with one attached hydrogen (secondary N) is 2. The quantitative estimate of drug-likeness (QED) is 0.192. The van der Waals surface area contributed by atoms with Crippen molar-refractivity contribution in [3.63, 3.8) is 0 Å². The highest BCUT2D eigenvalue weighted by Gasteiger charge is 2.38. The maximum absolute atomic E-state index is 15.6. The number of hydrogen-bond donors (Lipinski definition) is 3. The van der Waals surface area contributed by atoms with Crippen LogP contribution >= 0.6 is 0 Å². The number of methoxy groups -OCH3 is 1. The smallest absolute Gasteiger partial charge is 0.411 e. The minimum Gasteiger partial charge on any atom is -0.494 e. The summed E-state index contributed by atoms with van der Waals surface area (Å²) in [5.74, 6) is -0.486. The highest BCUT2D eigenvalue weighted by atomic mass is 32.2. The third-order valence-corrected chi connectivity index (χ3v) is 9.80. The van der Waals surface area contributed by atoms with Gasteiger partial charge in [-0.05, 0) is 91.4 Å². The van der Waals surface area contributed by atoms with Crippen LogP contribution in [0.15, 0.2) is 71.8 Å². The van der Waals surface area contributed by atoms with Crippen LogP contribution in [0.1, 0.15) is 49.9 Å². The maximum atomic E-state index is 15.6. The molecule has 2 atom stereocenters. The number of benzene rings is 3. The third kappa shape index (κ3) is 6.69. The van der Waals surface area contributed by atoms with Crippen molar-refractivity contribution in [1.82, 2.24) is 9.88 Å². The molecule has 0 saturated carbocycles. The first-order valence-electron chi connectivity index (χ1n) is 14.9. The van der Waals surface area contributed by atoms with Gasteiger partial charge in [0.25, 0.3) is 0 Å². The number of rotatable bonds is 10. The van der Waals surface area contributed by atoms with Gasteiger partial charge in [0.05, 0.1) is 30.4 Å². The van der Waals surface area contributed by atoms with Crippen LogP contribution < -0.4 is 21.1 Å². The lowest BCUT2D eigenvalue weighted by atomic mass is 10.00. The molecule has 0 radical (unpaired) electrons. The van der Waals surface area contributed by atoms with Gasteiger partial charge in [0, 0.05) is 35.1 Å². The molecule has 1 saturated heterocycles. The zero-order chi connectivity index (χ0) is 33.0. The molecule has 1 aliphatic heterocycles. The SMILES string of the molecule is CCOc1ccc(F)c([C@H](Nc2ccc3c(N)nccc3c2)C(=O)N2CCC[C@@H]2c2cc(NC(=O)OC)ccc2S(=O)(=O)CC)c1. The number of nitrogens with zero attached hydrogens (tertiary/aromatic N) is 2. The molecule has 1 aliphatic rings. The van der Waals surface area contributed by atoms with E-state index in [4.69, 9.17) is 15.2 Å². The summed E-state index contributed by atoms with van der Waals surface area (Å²) in [5, 5.41) is 7.30. The number of aromatic nitrogens is 1. The number of nitrogen functional groups attached to an aromatic ring is 1. The number of likely N-dealkylation sites (tertiary alicyclic amines) is 1. The molecule has 2 heterocycles. The Morgan fingerprint density at radius 2 is 1.87 bits per heavy atom. The van der Waals surface area contributed by atoms with Gasteiger partial charge in [-0.1, -0.05) is 6.92 Å². The Bertz CT molecular complexity index is 1890. The number of halogens is 1. The topological polar surface area (TPSA) is 153 Å². The van der Waals surface area contributed by atoms with Crippen LogP contribution in [0, 0.1) is 5.82 Å². The molecule has 13 heteroatoms. The van der Waals surface area contributed by atoms with Gasteiger partial charge >= 0.3 is 6.09 Å². The van der Waals surface area contributed by atoms with E-state index in [1.807, 2.05) is 0 Å². The molecule has 5 rings (SSSR count). The Balaban J connectivity index is 1.60. The monoisotopic (exact) mass is 649 g/mol. The Hall–Kier alpha value is -4.91. The molecule has 3 aromatic carbocycles. The molecule has 46 heavy (non-hydrogen) atoms. The molecular weight excluding hydrogens is 613 g/mol. The van der Waals surface area contributed by atoms with Crippen molar-refractivity contribution in [3.8, 4) is 5.75 Å². The third-order valence-electron chi connectivity index (χ3n) is 7.99. The van der Waals surface area contributed by atoms with Crippen LogP contribution in [0.4, 0.5) is 26.4 Å². The molecule has 242 valence electrons. The van der Waals surface area contributed by atoms with E-state index in [9.17, 15) is 18.0 Å². The molecule has 1 fully saturated rings. The fourth-order valence-electron chi connectivity index (χ4n) is 5.74. The van der Waals surface area contributed by atoms with Crippen molar-refractivity contribution in [2.75, 3.05) is 42.4 Å². The summed E-state index contributed by atoms with van der Waals surface area (Å²) >= 11 is 0. The molecule has 0 bridgehead atoms. The van der Waals surface area contributed by atoms with Gasteiger partial charge in [-0.2, -0.15) is 0 Å². The van der Waals surface area contributed by atoms with Gasteiger partial charge in [0.2, 0.25) is 5.91 Å². The Morgan fingerprint density at radius 1 is 1.09 bits per heavy atom. The summed E-state index contributed by atoms with van der Waals surface area (Å²) in [4.78, 5) is 32.3. The number of sulfone groups is 1. The molecule has 0 spiro atoms. The lowest BCUT2D eigenvalue weighted by Gasteiger charge is -2.31. The molecular formula is C33H36FN5O6S. The van der Waals surface area contributed by atoms with Crippen LogP contribution in [-0.2, 0) is 19.4 Å². The van der Waals surface area contributed by atoms with Crippen LogP contribution in [0.3, 0.4) is 0 Å². The lowest BCUT2D eigenvalue weighted by Crippen LogP contribution is -2.38. The molecule has 0 unspecified atom stereocenters.